The third kappa shape index (κ3) is 3.67. The highest BCUT2D eigenvalue weighted by molar-refractivity contribution is 6.17. The number of hydrogen-bond acceptors (Lipinski definition) is 4. The normalized spacial score (nSPS) is 11.0. The second-order valence-electron chi connectivity index (χ2n) is 2.93. The average Bonchev–Trinajstić information content (AvgIpc) is 2.20. The number of alkyl halides is 4. The van der Waals surface area contributed by atoms with Gasteiger partial charge in [-0.25, -0.2) is 4.98 Å². The van der Waals surface area contributed by atoms with E-state index in [0.717, 1.165) is 6.07 Å². The van der Waals surface area contributed by atoms with Crippen molar-refractivity contribution in [2.45, 2.75) is 18.7 Å². The predicted molar refractivity (Wildman–Crippen MR) is 51.5 cm³/mol. The number of aromatic hydroxyl groups is 1. The van der Waals surface area contributed by atoms with E-state index in [2.05, 4.69) is 9.72 Å². The van der Waals surface area contributed by atoms with Gasteiger partial charge in [-0.15, -0.1) is 24.8 Å². The molecule has 0 fully saturated rings. The van der Waals surface area contributed by atoms with Crippen molar-refractivity contribution in [1.82, 2.24) is 4.98 Å². The van der Waals surface area contributed by atoms with Gasteiger partial charge in [0.05, 0.1) is 18.4 Å². The van der Waals surface area contributed by atoms with E-state index < -0.39 is 18.0 Å². The van der Waals surface area contributed by atoms with Crippen LogP contribution in [0.15, 0.2) is 6.07 Å². The highest BCUT2D eigenvalue weighted by Gasteiger charge is 2.32. The summed E-state index contributed by atoms with van der Waals surface area (Å²) in [4.78, 5) is 3.38. The Morgan fingerprint density at radius 1 is 1.53 bits per heavy atom. The molecule has 1 aromatic heterocycles. The van der Waals surface area contributed by atoms with E-state index in [9.17, 15) is 18.3 Å². The molecule has 0 amide bonds. The molecule has 1 rings (SSSR count). The molecule has 1 heterocycles. The van der Waals surface area contributed by atoms with Crippen LogP contribution in [0, 0.1) is 11.3 Å². The largest absolute Gasteiger partial charge is 0.574 e. The monoisotopic (exact) mass is 266 g/mol. The van der Waals surface area contributed by atoms with E-state index in [1.807, 2.05) is 0 Å². The average molecular weight is 267 g/mol. The maximum absolute atomic E-state index is 12.0. The van der Waals surface area contributed by atoms with Crippen molar-refractivity contribution in [1.29, 1.82) is 5.26 Å². The maximum atomic E-state index is 12.0. The lowest BCUT2D eigenvalue weighted by atomic mass is 10.2. The Kier molecular flexibility index (Phi) is 4.02. The van der Waals surface area contributed by atoms with Crippen molar-refractivity contribution < 1.29 is 23.0 Å². The molecule has 0 radical (unpaired) electrons. The van der Waals surface area contributed by atoms with Gasteiger partial charge in [-0.05, 0) is 0 Å². The minimum absolute atomic E-state index is 0.0196. The van der Waals surface area contributed by atoms with E-state index in [1.54, 1.807) is 6.07 Å². The summed E-state index contributed by atoms with van der Waals surface area (Å²) >= 11 is 5.44. The van der Waals surface area contributed by atoms with Crippen LogP contribution in [0.3, 0.4) is 0 Å². The first-order valence-electron chi connectivity index (χ1n) is 4.27. The number of pyridine rings is 1. The second kappa shape index (κ2) is 5.10. The van der Waals surface area contributed by atoms with Gasteiger partial charge in [0.15, 0.2) is 0 Å². The standard InChI is InChI=1S/C9H6ClF3N2O2/c10-4-5-3-7(17-9(11,12)13)15-6(1-2-14)8(5)16/h3,16H,1,4H2. The summed E-state index contributed by atoms with van der Waals surface area (Å²) in [5.74, 6) is -1.37. The van der Waals surface area contributed by atoms with Crippen LogP contribution < -0.4 is 4.74 Å². The van der Waals surface area contributed by atoms with Gasteiger partial charge >= 0.3 is 6.36 Å². The lowest BCUT2D eigenvalue weighted by Gasteiger charge is -2.11. The van der Waals surface area contributed by atoms with Crippen molar-refractivity contribution in [3.8, 4) is 17.7 Å². The molecule has 0 aliphatic rings. The second-order valence-corrected chi connectivity index (χ2v) is 3.20. The van der Waals surface area contributed by atoms with Gasteiger partial charge in [-0.2, -0.15) is 5.26 Å². The fourth-order valence-corrected chi connectivity index (χ4v) is 1.30. The summed E-state index contributed by atoms with van der Waals surface area (Å²) < 4.78 is 39.5. The molecule has 0 aromatic carbocycles. The Labute approximate surface area is 99.2 Å². The van der Waals surface area contributed by atoms with E-state index in [-0.39, 0.29) is 23.6 Å². The summed E-state index contributed by atoms with van der Waals surface area (Å²) in [7, 11) is 0. The lowest BCUT2D eigenvalue weighted by Crippen LogP contribution is -2.18. The quantitative estimate of drug-likeness (QED) is 0.854. The fraction of sp³-hybridized carbons (Fsp3) is 0.333. The fourth-order valence-electron chi connectivity index (χ4n) is 1.09. The summed E-state index contributed by atoms with van der Waals surface area (Å²) in [5.41, 5.74) is -0.184. The van der Waals surface area contributed by atoms with Crippen molar-refractivity contribution >= 4 is 11.6 Å². The Bertz CT molecular complexity index is 457. The zero-order chi connectivity index (χ0) is 13.1. The van der Waals surface area contributed by atoms with Gasteiger partial charge in [0.1, 0.15) is 11.4 Å². The highest BCUT2D eigenvalue weighted by Crippen LogP contribution is 2.29. The Morgan fingerprint density at radius 3 is 2.65 bits per heavy atom. The van der Waals surface area contributed by atoms with Crippen LogP contribution in [0.5, 0.6) is 11.6 Å². The first kappa shape index (κ1) is 13.4. The number of ether oxygens (including phenoxy) is 1. The SMILES string of the molecule is N#CCc1nc(OC(F)(F)F)cc(CCl)c1O. The van der Waals surface area contributed by atoms with Crippen molar-refractivity contribution in [3.05, 3.63) is 17.3 Å². The summed E-state index contributed by atoms with van der Waals surface area (Å²) in [6.07, 6.45) is -5.23. The molecule has 0 atom stereocenters. The predicted octanol–water partition coefficient (Wildman–Crippen LogP) is 2.49. The molecular formula is C9H6ClF3N2O2. The van der Waals surface area contributed by atoms with Gasteiger partial charge in [0, 0.05) is 11.6 Å². The highest BCUT2D eigenvalue weighted by atomic mass is 35.5. The van der Waals surface area contributed by atoms with Crippen LogP contribution in [0.25, 0.3) is 0 Å². The van der Waals surface area contributed by atoms with E-state index in [1.165, 1.54) is 0 Å². The molecule has 0 saturated carbocycles. The molecule has 92 valence electrons. The third-order valence-corrected chi connectivity index (χ3v) is 2.02. The summed E-state index contributed by atoms with van der Waals surface area (Å²) in [6, 6.07) is 2.54. The molecule has 0 bridgehead atoms. The Hall–Kier alpha value is -1.68. The molecule has 8 heteroatoms. The molecule has 0 saturated heterocycles. The zero-order valence-electron chi connectivity index (χ0n) is 8.25. The molecule has 0 aliphatic carbocycles. The van der Waals surface area contributed by atoms with Crippen molar-refractivity contribution in [2.75, 3.05) is 0 Å². The third-order valence-electron chi connectivity index (χ3n) is 1.73. The van der Waals surface area contributed by atoms with Crippen LogP contribution in [0.2, 0.25) is 0 Å². The van der Waals surface area contributed by atoms with E-state index in [0.29, 0.717) is 0 Å². The molecule has 0 unspecified atom stereocenters. The van der Waals surface area contributed by atoms with Gasteiger partial charge in [0.2, 0.25) is 5.88 Å². The molecule has 4 nitrogen and oxygen atoms in total. The lowest BCUT2D eigenvalue weighted by molar-refractivity contribution is -0.276. The van der Waals surface area contributed by atoms with Crippen LogP contribution in [0.1, 0.15) is 11.3 Å². The van der Waals surface area contributed by atoms with Gasteiger partial charge < -0.3 is 9.84 Å². The molecule has 17 heavy (non-hydrogen) atoms. The molecule has 0 spiro atoms. The van der Waals surface area contributed by atoms with Crippen LogP contribution in [0.4, 0.5) is 13.2 Å². The zero-order valence-corrected chi connectivity index (χ0v) is 9.01. The number of halogens is 4. The van der Waals surface area contributed by atoms with Crippen molar-refractivity contribution in [3.63, 3.8) is 0 Å². The summed E-state index contributed by atoms with van der Waals surface area (Å²) in [6.45, 7) is 0. The number of hydrogen-bond donors (Lipinski definition) is 1. The van der Waals surface area contributed by atoms with Crippen LogP contribution in [-0.4, -0.2) is 16.5 Å². The minimum Gasteiger partial charge on any atom is -0.506 e. The van der Waals surface area contributed by atoms with Gasteiger partial charge in [-0.1, -0.05) is 0 Å². The van der Waals surface area contributed by atoms with E-state index in [4.69, 9.17) is 16.9 Å². The Morgan fingerprint density at radius 2 is 2.18 bits per heavy atom. The number of rotatable bonds is 3. The molecule has 0 aliphatic heterocycles. The van der Waals surface area contributed by atoms with Crippen LogP contribution in [-0.2, 0) is 12.3 Å². The van der Waals surface area contributed by atoms with Crippen LogP contribution >= 0.6 is 11.6 Å². The first-order chi connectivity index (χ1) is 7.87. The number of nitriles is 1. The van der Waals surface area contributed by atoms with Gasteiger partial charge in [0.25, 0.3) is 0 Å². The van der Waals surface area contributed by atoms with E-state index >= 15 is 0 Å². The molecule has 1 aromatic rings. The summed E-state index contributed by atoms with van der Waals surface area (Å²) in [5, 5.41) is 17.9. The Balaban J connectivity index is 3.16. The topological polar surface area (TPSA) is 66.1 Å². The molecular weight excluding hydrogens is 261 g/mol. The maximum Gasteiger partial charge on any atom is 0.574 e. The van der Waals surface area contributed by atoms with Crippen molar-refractivity contribution in [2.24, 2.45) is 0 Å². The smallest absolute Gasteiger partial charge is 0.506 e. The minimum atomic E-state index is -4.89. The first-order valence-corrected chi connectivity index (χ1v) is 4.81. The number of nitrogens with zero attached hydrogens (tertiary/aromatic N) is 2. The van der Waals surface area contributed by atoms with Gasteiger partial charge in [-0.3, -0.25) is 0 Å². The number of aromatic nitrogens is 1. The molecule has 1 N–H and O–H groups in total.